The minimum absolute atomic E-state index is 0.216. The molecule has 0 amide bonds. The Hall–Kier alpha value is -1.02. The molecule has 1 saturated carbocycles. The van der Waals surface area contributed by atoms with Crippen molar-refractivity contribution in [2.24, 2.45) is 11.3 Å². The largest absolute Gasteiger partial charge is 0.380 e. The Kier molecular flexibility index (Phi) is 2.23. The van der Waals surface area contributed by atoms with Gasteiger partial charge < -0.3 is 5.11 Å². The van der Waals surface area contributed by atoms with E-state index in [4.69, 9.17) is 30.1 Å². The number of halogens is 2. The summed E-state index contributed by atoms with van der Waals surface area (Å²) in [7, 11) is 0. The van der Waals surface area contributed by atoms with Gasteiger partial charge in [0.15, 0.2) is 0 Å². The minimum Gasteiger partial charge on any atom is -0.380 e. The van der Waals surface area contributed by atoms with Crippen molar-refractivity contribution in [3.63, 3.8) is 0 Å². The Morgan fingerprint density at radius 3 is 2.10 bits per heavy atom. The number of alkyl halides is 2. The molecule has 1 nitrogen and oxygen atoms in total. The molecule has 3 rings (SSSR count). The first-order valence-electron chi connectivity index (χ1n) is 9.17. The Labute approximate surface area is 142 Å². The van der Waals surface area contributed by atoms with E-state index in [1.165, 1.54) is 0 Å². The summed E-state index contributed by atoms with van der Waals surface area (Å²) in [4.78, 5) is 0. The number of hydrogen-bond donors (Lipinski definition) is 1. The highest BCUT2D eigenvalue weighted by Gasteiger charge is 2.79. The summed E-state index contributed by atoms with van der Waals surface area (Å²) >= 11 is 12.9. The van der Waals surface area contributed by atoms with Crippen LogP contribution in [-0.4, -0.2) is 9.44 Å². The smallest absolute Gasteiger partial charge is 0.130 e. The first-order valence-corrected chi connectivity index (χ1v) is 7.42. The minimum atomic E-state index is -1.97. The molecule has 2 aromatic rings. The fourth-order valence-electron chi connectivity index (χ4n) is 3.10. The van der Waals surface area contributed by atoms with E-state index in [1.807, 2.05) is 0 Å². The van der Waals surface area contributed by atoms with Gasteiger partial charge in [-0.2, -0.15) is 0 Å². The van der Waals surface area contributed by atoms with E-state index in [-0.39, 0.29) is 11.5 Å². The molecular formula is C18H18Cl2O. The molecule has 0 heterocycles. The summed E-state index contributed by atoms with van der Waals surface area (Å²) in [6, 6.07) is 5.98. The highest BCUT2D eigenvalue weighted by atomic mass is 35.5. The van der Waals surface area contributed by atoms with Crippen LogP contribution in [0.3, 0.4) is 0 Å². The molecule has 1 aliphatic carbocycles. The highest BCUT2D eigenvalue weighted by molar-refractivity contribution is 6.52. The molecule has 0 unspecified atom stereocenters. The second kappa shape index (κ2) is 4.74. The first-order chi connectivity index (χ1) is 11.9. The van der Waals surface area contributed by atoms with Crippen LogP contribution in [0.15, 0.2) is 60.5 Å². The van der Waals surface area contributed by atoms with Crippen LogP contribution in [0.4, 0.5) is 0 Å². The van der Waals surface area contributed by atoms with Gasteiger partial charge in [0.2, 0.25) is 0 Å². The standard InChI is InChI=1S/C18H18Cl2O/c1-13-16(2,18(13,19)20)17(21,14-9-5-3-6-10-14)15-11-7-4-8-12-15/h3-13,21H,1-2H3/t13-,16-/m0/s1/i3D,5D,6D,9D,10D/t13-,16-,17-. The van der Waals surface area contributed by atoms with E-state index in [0.29, 0.717) is 5.56 Å². The predicted molar refractivity (Wildman–Crippen MR) is 87.6 cm³/mol. The molecule has 1 aliphatic rings. The van der Waals surface area contributed by atoms with Crippen molar-refractivity contribution >= 4 is 23.2 Å². The third-order valence-electron chi connectivity index (χ3n) is 4.82. The number of benzene rings is 2. The summed E-state index contributed by atoms with van der Waals surface area (Å²) in [5.41, 5.74) is -2.97. The van der Waals surface area contributed by atoms with Crippen LogP contribution in [-0.2, 0) is 5.60 Å². The molecule has 0 aromatic heterocycles. The summed E-state index contributed by atoms with van der Waals surface area (Å²) in [6.45, 7) is 3.44. The van der Waals surface area contributed by atoms with Crippen LogP contribution in [0.1, 0.15) is 31.8 Å². The van der Waals surface area contributed by atoms with Gasteiger partial charge in [0.05, 0.1) is 6.85 Å². The van der Waals surface area contributed by atoms with Gasteiger partial charge >= 0.3 is 0 Å². The van der Waals surface area contributed by atoms with Crippen LogP contribution < -0.4 is 0 Å². The molecule has 3 atom stereocenters. The number of hydrogen-bond acceptors (Lipinski definition) is 1. The summed E-state index contributed by atoms with van der Waals surface area (Å²) in [5.74, 6) is -0.374. The van der Waals surface area contributed by atoms with Gasteiger partial charge in [0, 0.05) is 11.3 Å². The van der Waals surface area contributed by atoms with Crippen LogP contribution >= 0.6 is 23.2 Å². The molecule has 21 heavy (non-hydrogen) atoms. The van der Waals surface area contributed by atoms with Crippen LogP contribution in [0.5, 0.6) is 0 Å². The Balaban J connectivity index is 2.44. The number of rotatable bonds is 3. The second-order valence-corrected chi connectivity index (χ2v) is 7.01. The molecular weight excluding hydrogens is 303 g/mol. The topological polar surface area (TPSA) is 20.2 Å². The Morgan fingerprint density at radius 2 is 1.62 bits per heavy atom. The maximum Gasteiger partial charge on any atom is 0.130 e. The average molecular weight is 326 g/mol. The molecule has 0 saturated heterocycles. The summed E-state index contributed by atoms with van der Waals surface area (Å²) in [6.07, 6.45) is 0. The zero-order valence-electron chi connectivity index (χ0n) is 16.7. The molecule has 0 spiro atoms. The molecule has 2 aromatic carbocycles. The van der Waals surface area contributed by atoms with Gasteiger partial charge in [-0.15, -0.1) is 23.2 Å². The lowest BCUT2D eigenvalue weighted by Crippen LogP contribution is -2.40. The van der Waals surface area contributed by atoms with Crippen molar-refractivity contribution < 1.29 is 12.0 Å². The zero-order chi connectivity index (χ0) is 19.7. The van der Waals surface area contributed by atoms with Crippen molar-refractivity contribution in [3.05, 3.63) is 71.7 Å². The van der Waals surface area contributed by atoms with E-state index in [1.54, 1.807) is 44.2 Å². The van der Waals surface area contributed by atoms with Gasteiger partial charge in [-0.25, -0.2) is 0 Å². The lowest BCUT2D eigenvalue weighted by atomic mass is 9.73. The molecule has 3 heteroatoms. The average Bonchev–Trinajstić information content (AvgIpc) is 3.03. The van der Waals surface area contributed by atoms with Crippen LogP contribution in [0.2, 0.25) is 0 Å². The zero-order valence-corrected chi connectivity index (χ0v) is 13.2. The van der Waals surface area contributed by atoms with Crippen LogP contribution in [0.25, 0.3) is 0 Å². The van der Waals surface area contributed by atoms with E-state index in [2.05, 4.69) is 0 Å². The Morgan fingerprint density at radius 1 is 1.10 bits per heavy atom. The van der Waals surface area contributed by atoms with Crippen molar-refractivity contribution in [2.45, 2.75) is 23.8 Å². The molecule has 1 N–H and O–H groups in total. The van der Waals surface area contributed by atoms with Crippen molar-refractivity contribution in [2.75, 3.05) is 0 Å². The molecule has 110 valence electrons. The first kappa shape index (κ1) is 9.89. The maximum atomic E-state index is 11.9. The van der Waals surface area contributed by atoms with Crippen molar-refractivity contribution in [1.82, 2.24) is 0 Å². The second-order valence-electron chi connectivity index (χ2n) is 5.62. The summed E-state index contributed by atoms with van der Waals surface area (Å²) in [5, 5.41) is 11.9. The van der Waals surface area contributed by atoms with Gasteiger partial charge in [-0.3, -0.25) is 0 Å². The molecule has 0 bridgehead atoms. The van der Waals surface area contributed by atoms with Gasteiger partial charge in [0.25, 0.3) is 0 Å². The SMILES string of the molecule is [2H]c1c([2H])c([2H])c([C@](O)(c2ccccc2)[C@]2(C)[C@H](C)C2(Cl)Cl)c([2H])c1[2H]. The monoisotopic (exact) mass is 325 g/mol. The Bertz CT molecular complexity index is 860. The van der Waals surface area contributed by atoms with Crippen LogP contribution in [0, 0.1) is 11.3 Å². The van der Waals surface area contributed by atoms with Crippen molar-refractivity contribution in [3.8, 4) is 0 Å². The normalized spacial score (nSPS) is 33.0. The highest BCUT2D eigenvalue weighted by Crippen LogP contribution is 2.76. The predicted octanol–water partition coefficient (Wildman–Crippen LogP) is 4.75. The van der Waals surface area contributed by atoms with E-state index >= 15 is 0 Å². The summed E-state index contributed by atoms with van der Waals surface area (Å²) < 4.78 is 39.1. The van der Waals surface area contributed by atoms with Gasteiger partial charge in [0.1, 0.15) is 9.93 Å². The van der Waals surface area contributed by atoms with E-state index < -0.39 is 45.6 Å². The van der Waals surface area contributed by atoms with E-state index in [0.717, 1.165) is 0 Å². The fourth-order valence-corrected chi connectivity index (χ4v) is 4.03. The van der Waals surface area contributed by atoms with Crippen molar-refractivity contribution in [1.29, 1.82) is 0 Å². The third-order valence-corrected chi connectivity index (χ3v) is 6.26. The fraction of sp³-hybridized carbons (Fsp3) is 0.333. The third kappa shape index (κ3) is 1.81. The molecule has 0 radical (unpaired) electrons. The lowest BCUT2D eigenvalue weighted by molar-refractivity contribution is 0.00156. The molecule has 1 fully saturated rings. The van der Waals surface area contributed by atoms with Gasteiger partial charge in [-0.1, -0.05) is 74.4 Å². The lowest BCUT2D eigenvalue weighted by Gasteiger charge is -2.37. The molecule has 0 aliphatic heterocycles. The quantitative estimate of drug-likeness (QED) is 0.807. The van der Waals surface area contributed by atoms with Gasteiger partial charge in [-0.05, 0) is 11.1 Å². The maximum absolute atomic E-state index is 11.9. The van der Waals surface area contributed by atoms with E-state index in [9.17, 15) is 5.11 Å². The number of aliphatic hydroxyl groups is 1.